The largest absolute Gasteiger partial charge is 0.481 e. The van der Waals surface area contributed by atoms with Crippen molar-refractivity contribution in [2.75, 3.05) is 13.1 Å². The molecule has 2 unspecified atom stereocenters. The molecule has 1 aliphatic heterocycles. The number of hydrogen-bond acceptors (Lipinski definition) is 4. The quantitative estimate of drug-likeness (QED) is 0.922. The lowest BCUT2D eigenvalue weighted by Crippen LogP contribution is -2.39. The number of halogens is 1. The lowest BCUT2D eigenvalue weighted by atomic mass is 9.96. The number of oxazole rings is 1. The van der Waals surface area contributed by atoms with Gasteiger partial charge in [0.15, 0.2) is 11.5 Å². The minimum absolute atomic E-state index is 0.0230. The van der Waals surface area contributed by atoms with Crippen LogP contribution >= 0.6 is 11.6 Å². The van der Waals surface area contributed by atoms with Gasteiger partial charge in [-0.05, 0) is 37.5 Å². The van der Waals surface area contributed by atoms with Crippen LogP contribution in [-0.2, 0) is 9.59 Å². The minimum atomic E-state index is -0.867. The van der Waals surface area contributed by atoms with E-state index in [0.717, 1.165) is 23.9 Å². The Morgan fingerprint density at radius 2 is 2.00 bits per heavy atom. The number of carbonyl (C=O) groups is 2. The molecule has 1 N–H and O–H groups in total. The highest BCUT2D eigenvalue weighted by molar-refractivity contribution is 6.31. The Labute approximate surface area is 143 Å². The number of rotatable bonds is 3. The molecular weight excluding hydrogens is 332 g/mol. The molecule has 1 saturated heterocycles. The van der Waals surface area contributed by atoms with Crippen LogP contribution in [0.25, 0.3) is 11.1 Å². The van der Waals surface area contributed by atoms with Crippen molar-refractivity contribution in [1.29, 1.82) is 0 Å². The maximum atomic E-state index is 12.3. The number of fused-ring (bicyclic) bond motifs is 1. The van der Waals surface area contributed by atoms with Crippen molar-refractivity contribution in [3.8, 4) is 0 Å². The van der Waals surface area contributed by atoms with Crippen LogP contribution in [0.4, 0.5) is 0 Å². The van der Waals surface area contributed by atoms with E-state index in [0.29, 0.717) is 30.4 Å². The van der Waals surface area contributed by atoms with E-state index < -0.39 is 11.9 Å². The zero-order valence-corrected chi connectivity index (χ0v) is 13.7. The van der Waals surface area contributed by atoms with Crippen LogP contribution in [0.5, 0.6) is 0 Å². The second kappa shape index (κ2) is 5.77. The van der Waals surface area contributed by atoms with Crippen LogP contribution in [0.3, 0.4) is 0 Å². The molecule has 0 spiro atoms. The number of likely N-dealkylation sites (tertiary alicyclic amines) is 1. The van der Waals surface area contributed by atoms with E-state index in [-0.39, 0.29) is 17.7 Å². The molecular formula is C17H17ClN2O4. The Bertz CT molecular complexity index is 810. The lowest BCUT2D eigenvalue weighted by Gasteiger charge is -2.30. The van der Waals surface area contributed by atoms with Gasteiger partial charge in [0.25, 0.3) is 0 Å². The fourth-order valence-electron chi connectivity index (χ4n) is 3.42. The summed E-state index contributed by atoms with van der Waals surface area (Å²) in [5.41, 5.74) is 1.47. The van der Waals surface area contributed by atoms with Gasteiger partial charge in [-0.15, -0.1) is 0 Å². The highest BCUT2D eigenvalue weighted by Gasteiger charge is 2.50. The highest BCUT2D eigenvalue weighted by Crippen LogP contribution is 2.41. The van der Waals surface area contributed by atoms with Gasteiger partial charge >= 0.3 is 5.97 Å². The zero-order valence-electron chi connectivity index (χ0n) is 12.9. The van der Waals surface area contributed by atoms with Crippen molar-refractivity contribution in [2.24, 2.45) is 11.8 Å². The SMILES string of the molecule is O=C(O)C1CC1C(=O)N1CCC(c2nc3cc(Cl)ccc3o2)CC1. The summed E-state index contributed by atoms with van der Waals surface area (Å²) in [6.45, 7) is 1.23. The Hall–Kier alpha value is -2.08. The number of aromatic nitrogens is 1. The summed E-state index contributed by atoms with van der Waals surface area (Å²) in [6.07, 6.45) is 2.02. The summed E-state index contributed by atoms with van der Waals surface area (Å²) in [7, 11) is 0. The van der Waals surface area contributed by atoms with Crippen molar-refractivity contribution < 1.29 is 19.1 Å². The molecule has 2 heterocycles. The molecule has 126 valence electrons. The van der Waals surface area contributed by atoms with E-state index in [2.05, 4.69) is 4.98 Å². The molecule has 1 amide bonds. The van der Waals surface area contributed by atoms with Crippen LogP contribution in [-0.4, -0.2) is 40.0 Å². The number of carboxylic acids is 1. The standard InChI is InChI=1S/C17H17ClN2O4/c18-10-1-2-14-13(7-10)19-15(24-14)9-3-5-20(6-4-9)16(21)11-8-12(11)17(22)23/h1-2,7,9,11-12H,3-6,8H2,(H,22,23). The van der Waals surface area contributed by atoms with Gasteiger partial charge in [0.2, 0.25) is 5.91 Å². The Morgan fingerprint density at radius 3 is 2.67 bits per heavy atom. The van der Waals surface area contributed by atoms with Gasteiger partial charge in [-0.2, -0.15) is 0 Å². The Balaban J connectivity index is 1.40. The van der Waals surface area contributed by atoms with E-state index in [1.54, 1.807) is 17.0 Å². The number of nitrogens with zero attached hydrogens (tertiary/aromatic N) is 2. The summed E-state index contributed by atoms with van der Waals surface area (Å²) >= 11 is 5.97. The third-order valence-corrected chi connectivity index (χ3v) is 5.18. The fourth-order valence-corrected chi connectivity index (χ4v) is 3.58. The predicted molar refractivity (Wildman–Crippen MR) is 86.8 cm³/mol. The monoisotopic (exact) mass is 348 g/mol. The molecule has 0 radical (unpaired) electrons. The first-order valence-corrected chi connectivity index (χ1v) is 8.48. The van der Waals surface area contributed by atoms with Crippen LogP contribution in [0.1, 0.15) is 31.1 Å². The van der Waals surface area contributed by atoms with Crippen LogP contribution in [0.2, 0.25) is 5.02 Å². The molecule has 2 atom stereocenters. The van der Waals surface area contributed by atoms with Crippen LogP contribution in [0, 0.1) is 11.8 Å². The highest BCUT2D eigenvalue weighted by atomic mass is 35.5. The third-order valence-electron chi connectivity index (χ3n) is 4.95. The molecule has 2 aromatic rings. The number of amides is 1. The van der Waals surface area contributed by atoms with Crippen LogP contribution in [0.15, 0.2) is 22.6 Å². The van der Waals surface area contributed by atoms with Gasteiger partial charge < -0.3 is 14.4 Å². The average Bonchev–Trinajstić information content (AvgIpc) is 3.27. The molecule has 0 bridgehead atoms. The third kappa shape index (κ3) is 2.75. The zero-order chi connectivity index (χ0) is 16.8. The van der Waals surface area contributed by atoms with Gasteiger partial charge in [-0.1, -0.05) is 11.6 Å². The molecule has 4 rings (SSSR count). The Kier molecular flexibility index (Phi) is 3.72. The van der Waals surface area contributed by atoms with E-state index in [9.17, 15) is 9.59 Å². The maximum Gasteiger partial charge on any atom is 0.307 e. The number of piperidine rings is 1. The van der Waals surface area contributed by atoms with E-state index in [1.165, 1.54) is 0 Å². The van der Waals surface area contributed by atoms with Gasteiger partial charge in [0, 0.05) is 24.0 Å². The first-order valence-electron chi connectivity index (χ1n) is 8.10. The number of aliphatic carboxylic acids is 1. The van der Waals surface area contributed by atoms with Crippen molar-refractivity contribution in [2.45, 2.75) is 25.2 Å². The number of carbonyl (C=O) groups excluding carboxylic acids is 1. The molecule has 1 aromatic carbocycles. The van der Waals surface area contributed by atoms with E-state index >= 15 is 0 Å². The van der Waals surface area contributed by atoms with Crippen molar-refractivity contribution in [3.63, 3.8) is 0 Å². The molecule has 2 aliphatic rings. The molecule has 1 aromatic heterocycles. The molecule has 6 nitrogen and oxygen atoms in total. The molecule has 1 aliphatic carbocycles. The van der Waals surface area contributed by atoms with Gasteiger partial charge in [0.1, 0.15) is 5.52 Å². The van der Waals surface area contributed by atoms with Gasteiger partial charge in [-0.25, -0.2) is 4.98 Å². The van der Waals surface area contributed by atoms with Gasteiger partial charge in [0.05, 0.1) is 11.8 Å². The average molecular weight is 349 g/mol. The second-order valence-corrected chi connectivity index (χ2v) is 6.99. The molecule has 24 heavy (non-hydrogen) atoms. The first-order chi connectivity index (χ1) is 11.5. The minimum Gasteiger partial charge on any atom is -0.481 e. The van der Waals surface area contributed by atoms with E-state index in [1.807, 2.05) is 6.07 Å². The van der Waals surface area contributed by atoms with Crippen molar-refractivity contribution in [1.82, 2.24) is 9.88 Å². The number of hydrogen-bond donors (Lipinski definition) is 1. The topological polar surface area (TPSA) is 83.6 Å². The molecule has 2 fully saturated rings. The fraction of sp³-hybridized carbons (Fsp3) is 0.471. The van der Waals surface area contributed by atoms with Crippen LogP contribution < -0.4 is 0 Å². The summed E-state index contributed by atoms with van der Waals surface area (Å²) in [4.78, 5) is 29.5. The summed E-state index contributed by atoms with van der Waals surface area (Å²) in [5.74, 6) is -0.843. The van der Waals surface area contributed by atoms with Crippen molar-refractivity contribution in [3.05, 3.63) is 29.1 Å². The summed E-state index contributed by atoms with van der Waals surface area (Å²) < 4.78 is 5.82. The summed E-state index contributed by atoms with van der Waals surface area (Å²) in [6, 6.07) is 5.36. The lowest BCUT2D eigenvalue weighted by molar-refractivity contribution is -0.142. The predicted octanol–water partition coefficient (Wildman–Crippen LogP) is 2.91. The maximum absolute atomic E-state index is 12.3. The van der Waals surface area contributed by atoms with E-state index in [4.69, 9.17) is 21.1 Å². The molecule has 7 heteroatoms. The molecule has 1 saturated carbocycles. The smallest absolute Gasteiger partial charge is 0.307 e. The van der Waals surface area contributed by atoms with Crippen molar-refractivity contribution >= 4 is 34.6 Å². The number of carboxylic acid groups (broad SMARTS) is 1. The Morgan fingerprint density at radius 1 is 1.25 bits per heavy atom. The normalized spacial score (nSPS) is 24.3. The first kappa shape index (κ1) is 15.4. The van der Waals surface area contributed by atoms with Gasteiger partial charge in [-0.3, -0.25) is 9.59 Å². The second-order valence-electron chi connectivity index (χ2n) is 6.55. The summed E-state index contributed by atoms with van der Waals surface area (Å²) in [5, 5.41) is 9.57. The number of benzene rings is 1.